The van der Waals surface area contributed by atoms with Crippen molar-refractivity contribution < 1.29 is 9.53 Å². The highest BCUT2D eigenvalue weighted by Crippen LogP contribution is 2.39. The van der Waals surface area contributed by atoms with E-state index in [0.717, 1.165) is 17.9 Å². The van der Waals surface area contributed by atoms with Crippen LogP contribution in [0, 0.1) is 0 Å². The molecule has 17 heavy (non-hydrogen) atoms. The van der Waals surface area contributed by atoms with Crippen molar-refractivity contribution in [3.05, 3.63) is 29.8 Å². The van der Waals surface area contributed by atoms with Crippen LogP contribution in [0.15, 0.2) is 24.3 Å². The van der Waals surface area contributed by atoms with Gasteiger partial charge in [0.2, 0.25) is 5.91 Å². The van der Waals surface area contributed by atoms with Gasteiger partial charge in [-0.15, -0.1) is 11.8 Å². The average molecular weight is 251 g/mol. The van der Waals surface area contributed by atoms with Gasteiger partial charge in [0, 0.05) is 6.54 Å². The normalized spacial score (nSPS) is 19.8. The van der Waals surface area contributed by atoms with E-state index in [-0.39, 0.29) is 11.3 Å². The fourth-order valence-corrected chi connectivity index (χ4v) is 3.25. The van der Waals surface area contributed by atoms with Crippen LogP contribution in [-0.2, 0) is 4.79 Å². The van der Waals surface area contributed by atoms with Crippen LogP contribution in [0.4, 0.5) is 0 Å². The van der Waals surface area contributed by atoms with Gasteiger partial charge >= 0.3 is 0 Å². The second kappa shape index (κ2) is 5.45. The lowest BCUT2D eigenvalue weighted by Crippen LogP contribution is -2.27. The second-order valence-electron chi connectivity index (χ2n) is 3.85. The van der Waals surface area contributed by atoms with E-state index < -0.39 is 0 Å². The third-order valence-electron chi connectivity index (χ3n) is 2.76. The lowest BCUT2D eigenvalue weighted by atomic mass is 10.2. The molecule has 0 saturated carbocycles. The number of hydrogen-bond donors (Lipinski definition) is 0. The van der Waals surface area contributed by atoms with Crippen LogP contribution in [0.5, 0.6) is 5.75 Å². The van der Waals surface area contributed by atoms with Gasteiger partial charge in [0.15, 0.2) is 0 Å². The Morgan fingerprint density at radius 2 is 2.29 bits per heavy atom. The first-order chi connectivity index (χ1) is 8.26. The molecule has 1 aromatic rings. The van der Waals surface area contributed by atoms with E-state index in [9.17, 15) is 4.79 Å². The molecule has 1 atom stereocenters. The molecule has 1 aliphatic rings. The van der Waals surface area contributed by atoms with E-state index >= 15 is 0 Å². The predicted octanol–water partition coefficient (Wildman–Crippen LogP) is 2.68. The van der Waals surface area contributed by atoms with E-state index in [1.165, 1.54) is 0 Å². The molecule has 0 radical (unpaired) electrons. The molecule has 0 N–H and O–H groups in total. The molecule has 1 heterocycles. The van der Waals surface area contributed by atoms with Gasteiger partial charge in [-0.05, 0) is 31.5 Å². The summed E-state index contributed by atoms with van der Waals surface area (Å²) in [5.74, 6) is 1.68. The molecule has 0 aliphatic carbocycles. The molecule has 3 nitrogen and oxygen atoms in total. The maximum atomic E-state index is 11.7. The SMILES string of the molecule is CCOc1cccc(C2SCC(=O)N2CC)c1. The highest BCUT2D eigenvalue weighted by molar-refractivity contribution is 8.00. The van der Waals surface area contributed by atoms with Crippen LogP contribution in [0.2, 0.25) is 0 Å². The van der Waals surface area contributed by atoms with Gasteiger partial charge < -0.3 is 9.64 Å². The molecular formula is C13H17NO2S. The standard InChI is InChI=1S/C13H17NO2S/c1-3-14-12(15)9-17-13(14)10-6-5-7-11(8-10)16-4-2/h5-8,13H,3-4,9H2,1-2H3. The summed E-state index contributed by atoms with van der Waals surface area (Å²) < 4.78 is 5.49. The van der Waals surface area contributed by atoms with Crippen molar-refractivity contribution in [1.82, 2.24) is 4.90 Å². The quantitative estimate of drug-likeness (QED) is 0.824. The summed E-state index contributed by atoms with van der Waals surface area (Å²) >= 11 is 1.68. The number of carbonyl (C=O) groups excluding carboxylic acids is 1. The molecule has 0 bridgehead atoms. The predicted molar refractivity (Wildman–Crippen MR) is 70.2 cm³/mol. The molecule has 1 aliphatic heterocycles. The summed E-state index contributed by atoms with van der Waals surface area (Å²) in [4.78, 5) is 13.6. The van der Waals surface area contributed by atoms with Gasteiger partial charge in [-0.1, -0.05) is 12.1 Å². The topological polar surface area (TPSA) is 29.5 Å². The van der Waals surface area contributed by atoms with E-state index in [0.29, 0.717) is 12.4 Å². The summed E-state index contributed by atoms with van der Waals surface area (Å²) in [6, 6.07) is 8.02. The highest BCUT2D eigenvalue weighted by atomic mass is 32.2. The van der Waals surface area contributed by atoms with Crippen LogP contribution >= 0.6 is 11.8 Å². The van der Waals surface area contributed by atoms with Crippen molar-refractivity contribution in [2.24, 2.45) is 0 Å². The van der Waals surface area contributed by atoms with Crippen LogP contribution in [0.3, 0.4) is 0 Å². The number of nitrogens with zero attached hydrogens (tertiary/aromatic N) is 1. The number of thioether (sulfide) groups is 1. The van der Waals surface area contributed by atoms with Crippen molar-refractivity contribution in [1.29, 1.82) is 0 Å². The van der Waals surface area contributed by atoms with Gasteiger partial charge in [0.25, 0.3) is 0 Å². The third kappa shape index (κ3) is 2.57. The van der Waals surface area contributed by atoms with Gasteiger partial charge in [0.05, 0.1) is 12.4 Å². The Bertz CT molecular complexity index is 408. The summed E-state index contributed by atoms with van der Waals surface area (Å²) in [6.45, 7) is 5.41. The average Bonchev–Trinajstić information content (AvgIpc) is 2.71. The first-order valence-corrected chi connectivity index (χ1v) is 6.95. The van der Waals surface area contributed by atoms with Gasteiger partial charge in [-0.2, -0.15) is 0 Å². The van der Waals surface area contributed by atoms with E-state index in [4.69, 9.17) is 4.74 Å². The van der Waals surface area contributed by atoms with Crippen molar-refractivity contribution in [3.63, 3.8) is 0 Å². The van der Waals surface area contributed by atoms with E-state index in [2.05, 4.69) is 6.07 Å². The number of benzene rings is 1. The minimum atomic E-state index is 0.146. The van der Waals surface area contributed by atoms with Gasteiger partial charge in [-0.3, -0.25) is 4.79 Å². The Hall–Kier alpha value is -1.16. The third-order valence-corrected chi connectivity index (χ3v) is 4.02. The van der Waals surface area contributed by atoms with Crippen molar-refractivity contribution in [2.75, 3.05) is 18.9 Å². The van der Waals surface area contributed by atoms with Gasteiger partial charge in [0.1, 0.15) is 11.1 Å². The summed E-state index contributed by atoms with van der Waals surface area (Å²) in [6.07, 6.45) is 0. The van der Waals surface area contributed by atoms with Crippen LogP contribution < -0.4 is 4.74 Å². The lowest BCUT2D eigenvalue weighted by Gasteiger charge is -2.22. The number of rotatable bonds is 4. The zero-order valence-electron chi connectivity index (χ0n) is 10.2. The van der Waals surface area contributed by atoms with Crippen LogP contribution in [-0.4, -0.2) is 29.7 Å². The van der Waals surface area contributed by atoms with Crippen molar-refractivity contribution in [3.8, 4) is 5.75 Å². The lowest BCUT2D eigenvalue weighted by molar-refractivity contribution is -0.127. The van der Waals surface area contributed by atoms with Crippen LogP contribution in [0.1, 0.15) is 24.8 Å². The first-order valence-electron chi connectivity index (χ1n) is 5.90. The largest absolute Gasteiger partial charge is 0.494 e. The summed E-state index contributed by atoms with van der Waals surface area (Å²) in [7, 11) is 0. The van der Waals surface area contributed by atoms with Crippen molar-refractivity contribution >= 4 is 17.7 Å². The fraction of sp³-hybridized carbons (Fsp3) is 0.462. The highest BCUT2D eigenvalue weighted by Gasteiger charge is 2.31. The zero-order chi connectivity index (χ0) is 12.3. The monoisotopic (exact) mass is 251 g/mol. The van der Waals surface area contributed by atoms with E-state index in [1.54, 1.807) is 11.8 Å². The molecule has 1 fully saturated rings. The fourth-order valence-electron chi connectivity index (χ4n) is 2.00. The maximum Gasteiger partial charge on any atom is 0.233 e. The Morgan fingerprint density at radius 3 is 3.00 bits per heavy atom. The van der Waals surface area contributed by atoms with E-state index in [1.807, 2.05) is 36.9 Å². The number of carbonyl (C=O) groups is 1. The molecule has 1 saturated heterocycles. The molecule has 0 spiro atoms. The minimum absolute atomic E-state index is 0.146. The zero-order valence-corrected chi connectivity index (χ0v) is 11.0. The Labute approximate surface area is 106 Å². The number of amides is 1. The van der Waals surface area contributed by atoms with Crippen molar-refractivity contribution in [2.45, 2.75) is 19.2 Å². The smallest absolute Gasteiger partial charge is 0.233 e. The second-order valence-corrected chi connectivity index (χ2v) is 4.92. The molecule has 1 aromatic carbocycles. The molecule has 1 unspecified atom stereocenters. The number of hydrogen-bond acceptors (Lipinski definition) is 3. The Kier molecular flexibility index (Phi) is 3.94. The Morgan fingerprint density at radius 1 is 1.47 bits per heavy atom. The summed E-state index contributed by atoms with van der Waals surface area (Å²) in [5, 5.41) is 0.146. The van der Waals surface area contributed by atoms with Crippen LogP contribution in [0.25, 0.3) is 0 Å². The molecule has 92 valence electrons. The molecule has 4 heteroatoms. The molecule has 0 aromatic heterocycles. The van der Waals surface area contributed by atoms with Gasteiger partial charge in [-0.25, -0.2) is 0 Å². The molecule has 2 rings (SSSR count). The Balaban J connectivity index is 2.21. The first kappa shape index (κ1) is 12.3. The molecular weight excluding hydrogens is 234 g/mol. The summed E-state index contributed by atoms with van der Waals surface area (Å²) in [5.41, 5.74) is 1.15. The number of ether oxygens (including phenoxy) is 1. The molecule has 1 amide bonds. The maximum absolute atomic E-state index is 11.7. The minimum Gasteiger partial charge on any atom is -0.494 e.